The molecule has 0 spiro atoms. The summed E-state index contributed by atoms with van der Waals surface area (Å²) in [7, 11) is 0. The Kier molecular flexibility index (Phi) is 4.09. The number of nitrogens with zero attached hydrogens (tertiary/aromatic N) is 1. The standard InChI is InChI=1S/C18H18FNO2/c1-13-7-8-14-11-15(19)9-10-17(14)20(13)18(21)12-22-16-5-3-2-4-6-16/h2-6,9-11,13H,7-8,12H2,1H3. The van der Waals surface area contributed by atoms with Gasteiger partial charge in [-0.05, 0) is 55.7 Å². The van der Waals surface area contributed by atoms with Gasteiger partial charge in [0.1, 0.15) is 11.6 Å². The van der Waals surface area contributed by atoms with Crippen molar-refractivity contribution in [1.29, 1.82) is 0 Å². The first-order chi connectivity index (χ1) is 10.6. The summed E-state index contributed by atoms with van der Waals surface area (Å²) in [6.45, 7) is 1.98. The molecule has 1 aliphatic heterocycles. The van der Waals surface area contributed by atoms with Crippen LogP contribution in [0.3, 0.4) is 0 Å². The molecule has 2 aromatic carbocycles. The zero-order valence-corrected chi connectivity index (χ0v) is 12.5. The molecule has 1 aliphatic rings. The van der Waals surface area contributed by atoms with Gasteiger partial charge in [0.15, 0.2) is 6.61 Å². The molecule has 0 aromatic heterocycles. The van der Waals surface area contributed by atoms with E-state index >= 15 is 0 Å². The van der Waals surface area contributed by atoms with Crippen LogP contribution in [0.2, 0.25) is 0 Å². The summed E-state index contributed by atoms with van der Waals surface area (Å²) in [5, 5.41) is 0. The minimum Gasteiger partial charge on any atom is -0.484 e. The molecule has 114 valence electrons. The number of carbonyl (C=O) groups excluding carboxylic acids is 1. The Bertz CT molecular complexity index is 672. The molecule has 0 saturated heterocycles. The summed E-state index contributed by atoms with van der Waals surface area (Å²) in [6.07, 6.45) is 1.62. The third kappa shape index (κ3) is 2.96. The number of rotatable bonds is 3. The maximum atomic E-state index is 13.4. The quantitative estimate of drug-likeness (QED) is 0.867. The van der Waals surface area contributed by atoms with E-state index < -0.39 is 0 Å². The molecule has 0 aliphatic carbocycles. The second-order valence-corrected chi connectivity index (χ2v) is 5.53. The Morgan fingerprint density at radius 3 is 2.82 bits per heavy atom. The summed E-state index contributed by atoms with van der Waals surface area (Å²) >= 11 is 0. The summed E-state index contributed by atoms with van der Waals surface area (Å²) in [5.41, 5.74) is 1.67. The molecule has 0 N–H and O–H groups in total. The van der Waals surface area contributed by atoms with Crippen molar-refractivity contribution >= 4 is 11.6 Å². The number of fused-ring (bicyclic) bond motifs is 1. The van der Waals surface area contributed by atoms with E-state index in [0.29, 0.717) is 5.75 Å². The summed E-state index contributed by atoms with van der Waals surface area (Å²) in [4.78, 5) is 14.3. The fourth-order valence-corrected chi connectivity index (χ4v) is 2.83. The van der Waals surface area contributed by atoms with Gasteiger partial charge in [0.05, 0.1) is 0 Å². The molecule has 1 heterocycles. The number of ether oxygens (including phenoxy) is 1. The van der Waals surface area contributed by atoms with Crippen molar-refractivity contribution in [3.63, 3.8) is 0 Å². The van der Waals surface area contributed by atoms with Gasteiger partial charge in [-0.15, -0.1) is 0 Å². The number of aryl methyl sites for hydroxylation is 1. The van der Waals surface area contributed by atoms with Crippen molar-refractivity contribution in [2.75, 3.05) is 11.5 Å². The zero-order chi connectivity index (χ0) is 15.5. The number of carbonyl (C=O) groups is 1. The van der Waals surface area contributed by atoms with E-state index in [4.69, 9.17) is 4.74 Å². The van der Waals surface area contributed by atoms with Gasteiger partial charge in [-0.1, -0.05) is 18.2 Å². The number of anilines is 1. The maximum Gasteiger partial charge on any atom is 0.265 e. The number of para-hydroxylation sites is 1. The van der Waals surface area contributed by atoms with Crippen LogP contribution < -0.4 is 9.64 Å². The first kappa shape index (κ1) is 14.6. The molecule has 0 radical (unpaired) electrons. The van der Waals surface area contributed by atoms with Crippen LogP contribution in [0.25, 0.3) is 0 Å². The number of halogens is 1. The molecule has 0 bridgehead atoms. The molecule has 1 unspecified atom stereocenters. The van der Waals surface area contributed by atoms with Gasteiger partial charge in [0, 0.05) is 11.7 Å². The molecule has 0 saturated carbocycles. The topological polar surface area (TPSA) is 29.5 Å². The Labute approximate surface area is 129 Å². The third-order valence-corrected chi connectivity index (χ3v) is 3.95. The average molecular weight is 299 g/mol. The first-order valence-electron chi connectivity index (χ1n) is 7.43. The molecule has 0 fully saturated rings. The lowest BCUT2D eigenvalue weighted by Crippen LogP contribution is -2.44. The predicted octanol–water partition coefficient (Wildman–Crippen LogP) is 3.57. The van der Waals surface area contributed by atoms with Crippen LogP contribution in [-0.4, -0.2) is 18.6 Å². The summed E-state index contributed by atoms with van der Waals surface area (Å²) in [5.74, 6) is 0.296. The second-order valence-electron chi connectivity index (χ2n) is 5.53. The van der Waals surface area contributed by atoms with E-state index in [1.54, 1.807) is 11.0 Å². The molecule has 4 heteroatoms. The second kappa shape index (κ2) is 6.18. The average Bonchev–Trinajstić information content (AvgIpc) is 2.54. The third-order valence-electron chi connectivity index (χ3n) is 3.95. The van der Waals surface area contributed by atoms with Gasteiger partial charge < -0.3 is 9.64 Å². The zero-order valence-electron chi connectivity index (χ0n) is 12.5. The SMILES string of the molecule is CC1CCc2cc(F)ccc2N1C(=O)COc1ccccc1. The van der Waals surface area contributed by atoms with Gasteiger partial charge in [-0.2, -0.15) is 0 Å². The molecular formula is C18H18FNO2. The van der Waals surface area contributed by atoms with Crippen molar-refractivity contribution in [1.82, 2.24) is 0 Å². The molecule has 3 rings (SSSR count). The highest BCUT2D eigenvalue weighted by atomic mass is 19.1. The number of hydrogen-bond donors (Lipinski definition) is 0. The Hall–Kier alpha value is -2.36. The van der Waals surface area contributed by atoms with Crippen molar-refractivity contribution in [2.24, 2.45) is 0 Å². The van der Waals surface area contributed by atoms with Crippen molar-refractivity contribution in [3.05, 3.63) is 59.9 Å². The lowest BCUT2D eigenvalue weighted by Gasteiger charge is -2.35. The van der Waals surface area contributed by atoms with Crippen LogP contribution in [0, 0.1) is 5.82 Å². The molecule has 3 nitrogen and oxygen atoms in total. The van der Waals surface area contributed by atoms with Crippen molar-refractivity contribution < 1.29 is 13.9 Å². The maximum absolute atomic E-state index is 13.4. The minimum atomic E-state index is -0.263. The molecule has 2 aromatic rings. The highest BCUT2D eigenvalue weighted by Gasteiger charge is 2.28. The van der Waals surface area contributed by atoms with Crippen LogP contribution in [0.5, 0.6) is 5.75 Å². The van der Waals surface area contributed by atoms with E-state index in [1.807, 2.05) is 37.3 Å². The predicted molar refractivity (Wildman–Crippen MR) is 83.6 cm³/mol. The normalized spacial score (nSPS) is 17.0. The number of benzene rings is 2. The Morgan fingerprint density at radius 2 is 2.05 bits per heavy atom. The van der Waals surface area contributed by atoms with Crippen LogP contribution in [0.1, 0.15) is 18.9 Å². The summed E-state index contributed by atoms with van der Waals surface area (Å²) in [6, 6.07) is 13.9. The van der Waals surface area contributed by atoms with Gasteiger partial charge in [-0.25, -0.2) is 4.39 Å². The van der Waals surface area contributed by atoms with Gasteiger partial charge in [0.25, 0.3) is 5.91 Å². The van der Waals surface area contributed by atoms with E-state index in [-0.39, 0.29) is 24.4 Å². The highest BCUT2D eigenvalue weighted by Crippen LogP contribution is 2.31. The van der Waals surface area contributed by atoms with E-state index in [9.17, 15) is 9.18 Å². The lowest BCUT2D eigenvalue weighted by molar-refractivity contribution is -0.121. The van der Waals surface area contributed by atoms with E-state index in [0.717, 1.165) is 24.1 Å². The molecule has 22 heavy (non-hydrogen) atoms. The first-order valence-corrected chi connectivity index (χ1v) is 7.43. The minimum absolute atomic E-state index is 0.0226. The van der Waals surface area contributed by atoms with Crippen LogP contribution in [0.15, 0.2) is 48.5 Å². The molecule has 1 atom stereocenters. The Balaban J connectivity index is 1.77. The number of hydrogen-bond acceptors (Lipinski definition) is 2. The largest absolute Gasteiger partial charge is 0.484 e. The van der Waals surface area contributed by atoms with Crippen LogP contribution in [-0.2, 0) is 11.2 Å². The fraction of sp³-hybridized carbons (Fsp3) is 0.278. The van der Waals surface area contributed by atoms with Gasteiger partial charge >= 0.3 is 0 Å². The molecule has 1 amide bonds. The van der Waals surface area contributed by atoms with Crippen molar-refractivity contribution in [3.8, 4) is 5.75 Å². The van der Waals surface area contributed by atoms with Crippen LogP contribution in [0.4, 0.5) is 10.1 Å². The fourth-order valence-electron chi connectivity index (χ4n) is 2.83. The molecular weight excluding hydrogens is 281 g/mol. The monoisotopic (exact) mass is 299 g/mol. The highest BCUT2D eigenvalue weighted by molar-refractivity contribution is 5.96. The van der Waals surface area contributed by atoms with Gasteiger partial charge in [-0.3, -0.25) is 4.79 Å². The van der Waals surface area contributed by atoms with Gasteiger partial charge in [0.2, 0.25) is 0 Å². The Morgan fingerprint density at radius 1 is 1.27 bits per heavy atom. The smallest absolute Gasteiger partial charge is 0.265 e. The lowest BCUT2D eigenvalue weighted by atomic mass is 9.96. The summed E-state index contributed by atoms with van der Waals surface area (Å²) < 4.78 is 18.9. The van der Waals surface area contributed by atoms with E-state index in [1.165, 1.54) is 12.1 Å². The van der Waals surface area contributed by atoms with E-state index in [2.05, 4.69) is 0 Å². The number of amides is 1. The van der Waals surface area contributed by atoms with Crippen LogP contribution >= 0.6 is 0 Å². The van der Waals surface area contributed by atoms with Crippen molar-refractivity contribution in [2.45, 2.75) is 25.8 Å².